The van der Waals surface area contributed by atoms with E-state index in [1.807, 2.05) is 0 Å². The molecule has 8 heteroatoms. The fourth-order valence-electron chi connectivity index (χ4n) is 1.88. The van der Waals surface area contributed by atoms with E-state index in [0.717, 1.165) is 0 Å². The molecule has 0 aromatic heterocycles. The van der Waals surface area contributed by atoms with Gasteiger partial charge in [-0.15, -0.1) is 0 Å². The monoisotopic (exact) mass is 273 g/mol. The Bertz CT molecular complexity index is 347. The molecule has 0 bridgehead atoms. The van der Waals surface area contributed by atoms with Crippen LogP contribution in [0.15, 0.2) is 0 Å². The molecule has 0 radical (unpaired) electrons. The highest BCUT2D eigenvalue weighted by molar-refractivity contribution is 5.76. The molecule has 0 spiro atoms. The molecular weight excluding hydrogens is 254 g/mol. The lowest BCUT2D eigenvalue weighted by Gasteiger charge is -2.30. The van der Waals surface area contributed by atoms with Crippen LogP contribution >= 0.6 is 0 Å². The molecule has 0 unspecified atom stereocenters. The van der Waals surface area contributed by atoms with Gasteiger partial charge in [0.1, 0.15) is 6.61 Å². The van der Waals surface area contributed by atoms with Crippen LogP contribution in [0.4, 0.5) is 4.79 Å². The Labute approximate surface area is 110 Å². The summed E-state index contributed by atoms with van der Waals surface area (Å²) in [5.41, 5.74) is 4.88. The number of urea groups is 1. The van der Waals surface area contributed by atoms with Gasteiger partial charge in [-0.3, -0.25) is 9.59 Å². The fourth-order valence-corrected chi connectivity index (χ4v) is 1.88. The van der Waals surface area contributed by atoms with Crippen LogP contribution in [0.1, 0.15) is 12.8 Å². The van der Waals surface area contributed by atoms with E-state index in [0.29, 0.717) is 19.4 Å². The van der Waals surface area contributed by atoms with Gasteiger partial charge < -0.3 is 25.8 Å². The summed E-state index contributed by atoms with van der Waals surface area (Å²) < 4.78 is 4.89. The number of carbonyl (C=O) groups is 3. The van der Waals surface area contributed by atoms with Crippen molar-refractivity contribution in [2.24, 2.45) is 11.7 Å². The Morgan fingerprint density at radius 3 is 2.79 bits per heavy atom. The molecule has 8 nitrogen and oxygen atoms in total. The van der Waals surface area contributed by atoms with E-state index in [1.165, 1.54) is 4.90 Å². The number of rotatable bonds is 6. The van der Waals surface area contributed by atoms with Gasteiger partial charge in [-0.25, -0.2) is 4.79 Å². The minimum absolute atomic E-state index is 0.180. The number of likely N-dealkylation sites (tertiary alicyclic amines) is 1. The zero-order chi connectivity index (χ0) is 14.3. The number of hydrogen-bond donors (Lipinski definition) is 3. The van der Waals surface area contributed by atoms with Crippen molar-refractivity contribution in [3.8, 4) is 0 Å². The van der Waals surface area contributed by atoms with Crippen LogP contribution < -0.4 is 11.1 Å². The minimum Gasteiger partial charge on any atom is -0.481 e. The van der Waals surface area contributed by atoms with Crippen LogP contribution in [0.5, 0.6) is 0 Å². The number of hydrogen-bond acceptors (Lipinski definition) is 4. The molecule has 19 heavy (non-hydrogen) atoms. The summed E-state index contributed by atoms with van der Waals surface area (Å²) in [5, 5.41) is 11.5. The second kappa shape index (κ2) is 7.57. The number of nitrogens with one attached hydrogen (secondary N) is 1. The van der Waals surface area contributed by atoms with Crippen LogP contribution in [0.25, 0.3) is 0 Å². The zero-order valence-electron chi connectivity index (χ0n) is 10.6. The second-order valence-electron chi connectivity index (χ2n) is 4.37. The third-order valence-electron chi connectivity index (χ3n) is 2.82. The molecule has 1 atom stereocenters. The van der Waals surface area contributed by atoms with E-state index in [9.17, 15) is 14.4 Å². The second-order valence-corrected chi connectivity index (χ2v) is 4.37. The maximum atomic E-state index is 11.7. The number of carboxylic acid groups (broad SMARTS) is 1. The summed E-state index contributed by atoms with van der Waals surface area (Å²) in [7, 11) is 0. The first-order valence-electron chi connectivity index (χ1n) is 6.12. The zero-order valence-corrected chi connectivity index (χ0v) is 10.6. The molecule has 1 saturated heterocycles. The van der Waals surface area contributed by atoms with Crippen molar-refractivity contribution >= 4 is 17.9 Å². The van der Waals surface area contributed by atoms with E-state index in [4.69, 9.17) is 15.6 Å². The van der Waals surface area contributed by atoms with Crippen molar-refractivity contribution < 1.29 is 24.2 Å². The highest BCUT2D eigenvalue weighted by Crippen LogP contribution is 2.16. The minimum atomic E-state index is -0.873. The Morgan fingerprint density at radius 1 is 1.42 bits per heavy atom. The summed E-state index contributed by atoms with van der Waals surface area (Å²) >= 11 is 0. The highest BCUT2D eigenvalue weighted by atomic mass is 16.5. The van der Waals surface area contributed by atoms with Crippen LogP contribution in [0.2, 0.25) is 0 Å². The highest BCUT2D eigenvalue weighted by Gasteiger charge is 2.27. The van der Waals surface area contributed by atoms with E-state index in [2.05, 4.69) is 5.32 Å². The summed E-state index contributed by atoms with van der Waals surface area (Å²) in [5.74, 6) is -1.93. The van der Waals surface area contributed by atoms with Crippen LogP contribution in [-0.2, 0) is 14.3 Å². The quantitative estimate of drug-likeness (QED) is 0.535. The van der Waals surface area contributed by atoms with Gasteiger partial charge in [-0.05, 0) is 12.8 Å². The topological polar surface area (TPSA) is 122 Å². The average Bonchev–Trinajstić information content (AvgIpc) is 2.37. The van der Waals surface area contributed by atoms with Crippen molar-refractivity contribution in [3.63, 3.8) is 0 Å². The normalized spacial score (nSPS) is 18.9. The first kappa shape index (κ1) is 15.2. The Hall–Kier alpha value is -1.83. The van der Waals surface area contributed by atoms with Crippen molar-refractivity contribution in [2.45, 2.75) is 12.8 Å². The molecular formula is C11H19N3O5. The predicted molar refractivity (Wildman–Crippen MR) is 65.3 cm³/mol. The maximum Gasteiger partial charge on any atom is 0.317 e. The first-order valence-corrected chi connectivity index (χ1v) is 6.12. The van der Waals surface area contributed by atoms with Crippen molar-refractivity contribution in [1.29, 1.82) is 0 Å². The van der Waals surface area contributed by atoms with Gasteiger partial charge in [0, 0.05) is 19.6 Å². The van der Waals surface area contributed by atoms with Gasteiger partial charge in [0.05, 0.1) is 12.5 Å². The third kappa shape index (κ3) is 5.56. The van der Waals surface area contributed by atoms with Gasteiger partial charge in [-0.1, -0.05) is 0 Å². The molecule has 1 aliphatic rings. The fraction of sp³-hybridized carbons (Fsp3) is 0.727. The van der Waals surface area contributed by atoms with Crippen molar-refractivity contribution in [1.82, 2.24) is 10.2 Å². The molecule has 108 valence electrons. The summed E-state index contributed by atoms with van der Waals surface area (Å²) in [6.45, 7) is 1.03. The summed E-state index contributed by atoms with van der Waals surface area (Å²) in [4.78, 5) is 34.5. The SMILES string of the molecule is NC(=O)COCCNC(=O)N1CCC[C@@H](C(=O)O)C1. The van der Waals surface area contributed by atoms with Crippen LogP contribution in [0, 0.1) is 5.92 Å². The third-order valence-corrected chi connectivity index (χ3v) is 2.82. The van der Waals surface area contributed by atoms with Crippen LogP contribution in [0.3, 0.4) is 0 Å². The molecule has 0 saturated carbocycles. The lowest BCUT2D eigenvalue weighted by atomic mass is 9.99. The molecule has 3 amide bonds. The standard InChI is InChI=1S/C11H19N3O5/c12-9(15)7-19-5-3-13-11(18)14-4-1-2-8(6-14)10(16)17/h8H,1-7H2,(H2,12,15)(H,13,18)(H,16,17)/t8-/m1/s1. The average molecular weight is 273 g/mol. The summed E-state index contributed by atoms with van der Waals surface area (Å²) in [6, 6.07) is -0.311. The smallest absolute Gasteiger partial charge is 0.317 e. The molecule has 1 aliphatic heterocycles. The lowest BCUT2D eigenvalue weighted by molar-refractivity contribution is -0.143. The Kier molecular flexibility index (Phi) is 6.07. The van der Waals surface area contributed by atoms with Gasteiger partial charge in [0.25, 0.3) is 0 Å². The van der Waals surface area contributed by atoms with Crippen molar-refractivity contribution in [2.75, 3.05) is 32.8 Å². The summed E-state index contributed by atoms with van der Waals surface area (Å²) in [6.07, 6.45) is 1.28. The molecule has 4 N–H and O–H groups in total. The van der Waals surface area contributed by atoms with E-state index in [-0.39, 0.29) is 32.3 Å². The number of carboxylic acids is 1. The van der Waals surface area contributed by atoms with E-state index >= 15 is 0 Å². The van der Waals surface area contributed by atoms with Gasteiger partial charge in [-0.2, -0.15) is 0 Å². The number of carbonyl (C=O) groups excluding carboxylic acids is 2. The first-order chi connectivity index (χ1) is 9.00. The number of piperidine rings is 1. The van der Waals surface area contributed by atoms with Gasteiger partial charge >= 0.3 is 12.0 Å². The maximum absolute atomic E-state index is 11.7. The molecule has 1 heterocycles. The number of aliphatic carboxylic acids is 1. The van der Waals surface area contributed by atoms with Gasteiger partial charge in [0.2, 0.25) is 5.91 Å². The van der Waals surface area contributed by atoms with Gasteiger partial charge in [0.15, 0.2) is 0 Å². The molecule has 0 aromatic carbocycles. The molecule has 0 aliphatic carbocycles. The van der Waals surface area contributed by atoms with E-state index < -0.39 is 17.8 Å². The van der Waals surface area contributed by atoms with E-state index in [1.54, 1.807) is 0 Å². The molecule has 1 rings (SSSR count). The Morgan fingerprint density at radius 2 is 2.16 bits per heavy atom. The number of amides is 3. The number of primary amides is 1. The van der Waals surface area contributed by atoms with Crippen molar-refractivity contribution in [3.05, 3.63) is 0 Å². The predicted octanol–water partition coefficient (Wildman–Crippen LogP) is -1.01. The Balaban J connectivity index is 2.21. The number of nitrogens with zero attached hydrogens (tertiary/aromatic N) is 1. The number of nitrogens with two attached hydrogens (primary N) is 1. The number of ether oxygens (including phenoxy) is 1. The van der Waals surface area contributed by atoms with Crippen LogP contribution in [-0.4, -0.2) is 60.8 Å². The lowest BCUT2D eigenvalue weighted by Crippen LogP contribution is -2.47. The largest absolute Gasteiger partial charge is 0.481 e. The molecule has 1 fully saturated rings. The molecule has 0 aromatic rings.